The molecule has 1 saturated heterocycles. The lowest BCUT2D eigenvalue weighted by atomic mass is 10.1. The first-order valence-corrected chi connectivity index (χ1v) is 12.0. The summed E-state index contributed by atoms with van der Waals surface area (Å²) in [6.07, 6.45) is 4.91. The Labute approximate surface area is 211 Å². The number of hydrogen-bond acceptors (Lipinski definition) is 5. The van der Waals surface area contributed by atoms with E-state index in [4.69, 9.17) is 11.6 Å². The van der Waals surface area contributed by atoms with Gasteiger partial charge < -0.3 is 20.5 Å². The molecule has 8 nitrogen and oxygen atoms in total. The fourth-order valence-electron chi connectivity index (χ4n) is 4.35. The largest absolute Gasteiger partial charge is 0.360 e. The molecule has 0 spiro atoms. The van der Waals surface area contributed by atoms with Crippen molar-refractivity contribution in [2.24, 2.45) is 0 Å². The van der Waals surface area contributed by atoms with Gasteiger partial charge in [0.2, 0.25) is 5.95 Å². The molecule has 1 aliphatic rings. The Morgan fingerprint density at radius 1 is 1.14 bits per heavy atom. The van der Waals surface area contributed by atoms with Gasteiger partial charge in [0.15, 0.2) is 12.5 Å². The molecule has 3 N–H and O–H groups in total. The van der Waals surface area contributed by atoms with E-state index in [-0.39, 0.29) is 17.6 Å². The first kappa shape index (κ1) is 23.7. The molecule has 2 aromatic carbocycles. The number of hydrogen-bond donors (Lipinski definition) is 3. The van der Waals surface area contributed by atoms with Crippen molar-refractivity contribution >= 4 is 46.0 Å². The SMILES string of the molecule is O=C(CF)c1cccc(NC(=O)N2CCC(Nc3ncc(Cl)c(-c4c[nH]c5ccccc45)n3)CC2)c1. The number of alkyl halides is 1. The number of urea groups is 1. The van der Waals surface area contributed by atoms with Crippen molar-refractivity contribution in [3.63, 3.8) is 0 Å². The summed E-state index contributed by atoms with van der Waals surface area (Å²) in [5.41, 5.74) is 3.25. The van der Waals surface area contributed by atoms with Crippen molar-refractivity contribution in [3.05, 3.63) is 71.5 Å². The third kappa shape index (κ3) is 5.01. The number of ketones is 1. The molecule has 1 fully saturated rings. The van der Waals surface area contributed by atoms with Gasteiger partial charge in [-0.1, -0.05) is 41.9 Å². The lowest BCUT2D eigenvalue weighted by Gasteiger charge is -2.32. The van der Waals surface area contributed by atoms with Crippen molar-refractivity contribution in [1.29, 1.82) is 0 Å². The lowest BCUT2D eigenvalue weighted by Crippen LogP contribution is -2.44. The molecule has 0 bridgehead atoms. The minimum atomic E-state index is -1.07. The Hall–Kier alpha value is -3.98. The molecule has 0 unspecified atom stereocenters. The summed E-state index contributed by atoms with van der Waals surface area (Å²) in [5, 5.41) is 7.66. The van der Waals surface area contributed by atoms with Crippen LogP contribution >= 0.6 is 11.6 Å². The molecule has 5 rings (SSSR count). The average molecular weight is 507 g/mol. The normalized spacial score (nSPS) is 14.1. The van der Waals surface area contributed by atoms with E-state index in [1.54, 1.807) is 23.2 Å². The predicted molar refractivity (Wildman–Crippen MR) is 138 cm³/mol. The Kier molecular flexibility index (Phi) is 6.81. The Morgan fingerprint density at radius 3 is 2.75 bits per heavy atom. The third-order valence-electron chi connectivity index (χ3n) is 6.26. The van der Waals surface area contributed by atoms with Gasteiger partial charge in [-0.05, 0) is 31.0 Å². The van der Waals surface area contributed by atoms with Crippen LogP contribution in [0.5, 0.6) is 0 Å². The minimum absolute atomic E-state index is 0.0940. The van der Waals surface area contributed by atoms with Crippen molar-refractivity contribution < 1.29 is 14.0 Å². The molecular formula is C26H24ClFN6O2. The number of benzene rings is 2. The summed E-state index contributed by atoms with van der Waals surface area (Å²) in [6.45, 7) is 0.00349. The van der Waals surface area contributed by atoms with E-state index in [1.807, 2.05) is 30.5 Å². The lowest BCUT2D eigenvalue weighted by molar-refractivity contribution is 0.0958. The van der Waals surface area contributed by atoms with Gasteiger partial charge in [0.25, 0.3) is 0 Å². The molecule has 4 aromatic rings. The molecule has 0 aliphatic carbocycles. The number of Topliss-reactive ketones (excluding diaryl/α,β-unsaturated/α-hetero) is 1. The first-order chi connectivity index (χ1) is 17.5. The standard InChI is InChI=1S/C26H24ClFN6O2/c27-21-15-30-25(33-24(21)20-14-29-22-7-2-1-6-19(20)22)31-17-8-10-34(11-9-17)26(36)32-18-5-3-4-16(12-18)23(35)13-28/h1-7,12,14-15,17,29H,8-11,13H2,(H,32,36)(H,30,31,33). The smallest absolute Gasteiger partial charge is 0.321 e. The van der Waals surface area contributed by atoms with Gasteiger partial charge >= 0.3 is 6.03 Å². The van der Waals surface area contributed by atoms with Crippen LogP contribution in [0.3, 0.4) is 0 Å². The second-order valence-corrected chi connectivity index (χ2v) is 9.02. The van der Waals surface area contributed by atoms with Crippen molar-refractivity contribution in [3.8, 4) is 11.3 Å². The zero-order valence-corrected chi connectivity index (χ0v) is 20.1. The quantitative estimate of drug-likeness (QED) is 0.298. The molecule has 1 aliphatic heterocycles. The number of halogens is 2. The van der Waals surface area contributed by atoms with Crippen molar-refractivity contribution in [2.75, 3.05) is 30.4 Å². The number of amides is 2. The number of aromatic nitrogens is 3. The van der Waals surface area contributed by atoms with Crippen LogP contribution in [0.4, 0.5) is 20.8 Å². The third-order valence-corrected chi connectivity index (χ3v) is 6.54. The van der Waals surface area contributed by atoms with Gasteiger partial charge in [-0.2, -0.15) is 0 Å². The number of aromatic amines is 1. The molecular weight excluding hydrogens is 483 g/mol. The molecule has 36 heavy (non-hydrogen) atoms. The summed E-state index contributed by atoms with van der Waals surface area (Å²) in [4.78, 5) is 38.3. The summed E-state index contributed by atoms with van der Waals surface area (Å²) < 4.78 is 12.7. The van der Waals surface area contributed by atoms with E-state index in [2.05, 4.69) is 25.6 Å². The van der Waals surface area contributed by atoms with Crippen LogP contribution in [0.2, 0.25) is 5.02 Å². The van der Waals surface area contributed by atoms with Crippen molar-refractivity contribution in [1.82, 2.24) is 19.9 Å². The second kappa shape index (κ2) is 10.3. The fraction of sp³-hybridized carbons (Fsp3) is 0.231. The number of piperidine rings is 1. The minimum Gasteiger partial charge on any atom is -0.360 e. The van der Waals surface area contributed by atoms with Gasteiger partial charge in [0, 0.05) is 53.0 Å². The average Bonchev–Trinajstić information content (AvgIpc) is 3.34. The van der Waals surface area contributed by atoms with Crippen LogP contribution in [0.15, 0.2) is 60.9 Å². The number of nitrogens with zero attached hydrogens (tertiary/aromatic N) is 3. The second-order valence-electron chi connectivity index (χ2n) is 8.61. The number of carbonyl (C=O) groups is 2. The number of fused-ring (bicyclic) bond motifs is 1. The molecule has 2 amide bonds. The molecule has 0 radical (unpaired) electrons. The monoisotopic (exact) mass is 506 g/mol. The van der Waals surface area contributed by atoms with Crippen LogP contribution in [-0.4, -0.2) is 57.5 Å². The predicted octanol–water partition coefficient (Wildman–Crippen LogP) is 5.54. The summed E-state index contributed by atoms with van der Waals surface area (Å²) >= 11 is 6.43. The maximum absolute atomic E-state index is 12.7. The number of rotatable bonds is 6. The summed E-state index contributed by atoms with van der Waals surface area (Å²) in [6, 6.07) is 14.1. The number of likely N-dealkylation sites (tertiary alicyclic amines) is 1. The van der Waals surface area contributed by atoms with Gasteiger partial charge in [0.05, 0.1) is 16.9 Å². The van der Waals surface area contributed by atoms with Gasteiger partial charge in [-0.15, -0.1) is 0 Å². The highest BCUT2D eigenvalue weighted by molar-refractivity contribution is 6.33. The highest BCUT2D eigenvalue weighted by Gasteiger charge is 2.24. The van der Waals surface area contributed by atoms with E-state index < -0.39 is 12.5 Å². The van der Waals surface area contributed by atoms with Gasteiger partial charge in [-0.25, -0.2) is 19.2 Å². The summed E-state index contributed by atoms with van der Waals surface area (Å²) in [5.74, 6) is -0.132. The maximum Gasteiger partial charge on any atom is 0.321 e. The highest BCUT2D eigenvalue weighted by Crippen LogP contribution is 2.32. The van der Waals surface area contributed by atoms with E-state index in [1.165, 1.54) is 12.1 Å². The molecule has 2 aromatic heterocycles. The van der Waals surface area contributed by atoms with Crippen LogP contribution in [0.1, 0.15) is 23.2 Å². The number of para-hydroxylation sites is 1. The zero-order valence-electron chi connectivity index (χ0n) is 19.3. The van der Waals surface area contributed by atoms with Crippen molar-refractivity contribution in [2.45, 2.75) is 18.9 Å². The number of nitrogens with one attached hydrogen (secondary N) is 3. The van der Waals surface area contributed by atoms with Crippen LogP contribution < -0.4 is 10.6 Å². The maximum atomic E-state index is 12.7. The molecule has 0 saturated carbocycles. The fourth-order valence-corrected chi connectivity index (χ4v) is 4.55. The Bertz CT molecular complexity index is 1420. The summed E-state index contributed by atoms with van der Waals surface area (Å²) in [7, 11) is 0. The number of H-pyrrole nitrogens is 1. The van der Waals surface area contributed by atoms with Gasteiger partial charge in [-0.3, -0.25) is 4.79 Å². The Balaban J connectivity index is 1.21. The van der Waals surface area contributed by atoms with E-state index in [0.29, 0.717) is 48.3 Å². The molecule has 3 heterocycles. The highest BCUT2D eigenvalue weighted by atomic mass is 35.5. The topological polar surface area (TPSA) is 103 Å². The van der Waals surface area contributed by atoms with E-state index >= 15 is 0 Å². The molecule has 0 atom stereocenters. The first-order valence-electron chi connectivity index (χ1n) is 11.6. The van der Waals surface area contributed by atoms with Crippen LogP contribution in [-0.2, 0) is 0 Å². The molecule has 10 heteroatoms. The number of anilines is 2. The number of carbonyl (C=O) groups excluding carboxylic acids is 2. The van der Waals surface area contributed by atoms with E-state index in [9.17, 15) is 14.0 Å². The van der Waals surface area contributed by atoms with Crippen LogP contribution in [0, 0.1) is 0 Å². The molecule has 184 valence electrons. The van der Waals surface area contributed by atoms with E-state index in [0.717, 1.165) is 16.5 Å². The van der Waals surface area contributed by atoms with Crippen LogP contribution in [0.25, 0.3) is 22.2 Å². The van der Waals surface area contributed by atoms with Gasteiger partial charge in [0.1, 0.15) is 0 Å². The Morgan fingerprint density at radius 2 is 1.94 bits per heavy atom. The zero-order chi connectivity index (χ0) is 25.1.